The summed E-state index contributed by atoms with van der Waals surface area (Å²) in [5, 5.41) is 5.23. The summed E-state index contributed by atoms with van der Waals surface area (Å²) in [6.45, 7) is 2.87. The summed E-state index contributed by atoms with van der Waals surface area (Å²) >= 11 is 0. The van der Waals surface area contributed by atoms with E-state index in [0.717, 1.165) is 30.1 Å². The van der Waals surface area contributed by atoms with Crippen LogP contribution in [0.15, 0.2) is 48.5 Å². The van der Waals surface area contributed by atoms with Crippen LogP contribution in [0.4, 0.5) is 14.9 Å². The minimum atomic E-state index is -0.431. The average Bonchev–Trinajstić information content (AvgIpc) is 2.77. The zero-order valence-corrected chi connectivity index (χ0v) is 16.4. The summed E-state index contributed by atoms with van der Waals surface area (Å²) in [7, 11) is 1.64. The van der Waals surface area contributed by atoms with Crippen molar-refractivity contribution >= 4 is 17.6 Å². The molecule has 2 N–H and O–H groups in total. The number of carbonyl (C=O) groups is 2. The first-order valence-electron chi connectivity index (χ1n) is 9.48. The molecule has 8 heteroatoms. The van der Waals surface area contributed by atoms with Gasteiger partial charge in [-0.05, 0) is 42.0 Å². The van der Waals surface area contributed by atoms with Crippen LogP contribution in [0.1, 0.15) is 5.56 Å². The van der Waals surface area contributed by atoms with E-state index in [2.05, 4.69) is 15.5 Å². The number of carbonyl (C=O) groups excluding carboxylic acids is 2. The third-order valence-corrected chi connectivity index (χ3v) is 4.84. The average molecular weight is 400 g/mol. The Labute approximate surface area is 169 Å². The van der Waals surface area contributed by atoms with Crippen molar-refractivity contribution in [2.24, 2.45) is 0 Å². The second-order valence-electron chi connectivity index (χ2n) is 6.73. The molecule has 0 saturated carbocycles. The summed E-state index contributed by atoms with van der Waals surface area (Å²) in [6.07, 6.45) is 0. The number of benzene rings is 2. The van der Waals surface area contributed by atoms with Crippen LogP contribution in [0, 0.1) is 5.82 Å². The number of nitrogens with one attached hydrogen (secondary N) is 2. The molecule has 1 aliphatic rings. The van der Waals surface area contributed by atoms with Gasteiger partial charge in [-0.1, -0.05) is 12.1 Å². The van der Waals surface area contributed by atoms with Crippen molar-refractivity contribution in [1.29, 1.82) is 0 Å². The Balaban J connectivity index is 1.37. The molecular formula is C21H25FN4O3. The smallest absolute Gasteiger partial charge is 0.315 e. The number of methoxy groups -OCH3 is 1. The zero-order chi connectivity index (χ0) is 20.6. The molecule has 0 bridgehead atoms. The fourth-order valence-electron chi connectivity index (χ4n) is 3.12. The van der Waals surface area contributed by atoms with Crippen LogP contribution >= 0.6 is 0 Å². The summed E-state index contributed by atoms with van der Waals surface area (Å²) in [4.78, 5) is 28.2. The fourth-order valence-corrected chi connectivity index (χ4v) is 3.12. The lowest BCUT2D eigenvalue weighted by atomic mass is 10.2. The van der Waals surface area contributed by atoms with Crippen molar-refractivity contribution in [3.63, 3.8) is 0 Å². The van der Waals surface area contributed by atoms with Crippen molar-refractivity contribution in [2.45, 2.75) is 6.54 Å². The third-order valence-electron chi connectivity index (χ3n) is 4.84. The lowest BCUT2D eigenvalue weighted by Gasteiger charge is -2.36. The number of ether oxygens (including phenoxy) is 1. The van der Waals surface area contributed by atoms with Gasteiger partial charge in [-0.3, -0.25) is 4.79 Å². The Morgan fingerprint density at radius 1 is 0.966 bits per heavy atom. The molecule has 1 aliphatic heterocycles. The van der Waals surface area contributed by atoms with E-state index in [4.69, 9.17) is 4.74 Å². The fraction of sp³-hybridized carbons (Fsp3) is 0.333. The minimum absolute atomic E-state index is 0.0578. The normalized spacial score (nSPS) is 13.7. The molecule has 154 valence electrons. The van der Waals surface area contributed by atoms with Gasteiger partial charge in [-0.2, -0.15) is 0 Å². The second kappa shape index (κ2) is 9.77. The van der Waals surface area contributed by atoms with E-state index in [1.54, 1.807) is 24.1 Å². The SMILES string of the molecule is COc1ccc(N2CCN(C(=O)CNC(=O)NCc3ccc(F)cc3)CC2)cc1. The number of urea groups is 1. The van der Waals surface area contributed by atoms with E-state index in [0.29, 0.717) is 13.1 Å². The first-order chi connectivity index (χ1) is 14.0. The molecular weight excluding hydrogens is 375 g/mol. The highest BCUT2D eigenvalue weighted by Crippen LogP contribution is 2.20. The van der Waals surface area contributed by atoms with Gasteiger partial charge < -0.3 is 25.2 Å². The lowest BCUT2D eigenvalue weighted by Crippen LogP contribution is -2.52. The molecule has 0 unspecified atom stereocenters. The maximum atomic E-state index is 12.9. The number of halogens is 1. The first kappa shape index (κ1) is 20.4. The standard InChI is InChI=1S/C21H25FN4O3/c1-29-19-8-6-18(7-9-19)25-10-12-26(13-11-25)20(27)15-24-21(28)23-14-16-2-4-17(22)5-3-16/h2-9H,10-15H2,1H3,(H2,23,24,28). The van der Waals surface area contributed by atoms with Gasteiger partial charge in [0, 0.05) is 38.4 Å². The van der Waals surface area contributed by atoms with Crippen molar-refractivity contribution in [2.75, 3.05) is 44.7 Å². The monoisotopic (exact) mass is 400 g/mol. The predicted molar refractivity (Wildman–Crippen MR) is 108 cm³/mol. The van der Waals surface area contributed by atoms with Gasteiger partial charge in [0.2, 0.25) is 5.91 Å². The first-order valence-corrected chi connectivity index (χ1v) is 9.48. The molecule has 1 fully saturated rings. The number of rotatable bonds is 6. The number of piperazine rings is 1. The number of nitrogens with zero attached hydrogens (tertiary/aromatic N) is 2. The highest BCUT2D eigenvalue weighted by molar-refractivity contribution is 5.84. The highest BCUT2D eigenvalue weighted by Gasteiger charge is 2.21. The van der Waals surface area contributed by atoms with E-state index in [1.807, 2.05) is 24.3 Å². The van der Waals surface area contributed by atoms with Gasteiger partial charge in [0.25, 0.3) is 0 Å². The largest absolute Gasteiger partial charge is 0.497 e. The molecule has 0 spiro atoms. The molecule has 0 atom stereocenters. The van der Waals surface area contributed by atoms with E-state index in [1.165, 1.54) is 12.1 Å². The van der Waals surface area contributed by atoms with E-state index in [-0.39, 0.29) is 24.8 Å². The number of hydrogen-bond acceptors (Lipinski definition) is 4. The summed E-state index contributed by atoms with van der Waals surface area (Å²) in [6, 6.07) is 13.3. The van der Waals surface area contributed by atoms with Gasteiger partial charge in [0.05, 0.1) is 13.7 Å². The lowest BCUT2D eigenvalue weighted by molar-refractivity contribution is -0.130. The van der Waals surface area contributed by atoms with Crippen LogP contribution in [0.2, 0.25) is 0 Å². The summed E-state index contributed by atoms with van der Waals surface area (Å²) in [5.74, 6) is 0.374. The van der Waals surface area contributed by atoms with Crippen molar-refractivity contribution in [3.05, 3.63) is 59.9 Å². The summed E-state index contributed by atoms with van der Waals surface area (Å²) < 4.78 is 18.0. The topological polar surface area (TPSA) is 73.9 Å². The Hall–Kier alpha value is -3.29. The minimum Gasteiger partial charge on any atom is -0.497 e. The van der Waals surface area contributed by atoms with E-state index in [9.17, 15) is 14.0 Å². The zero-order valence-electron chi connectivity index (χ0n) is 16.4. The molecule has 1 heterocycles. The van der Waals surface area contributed by atoms with Crippen LogP contribution in [0.5, 0.6) is 5.75 Å². The van der Waals surface area contributed by atoms with Gasteiger partial charge in [-0.15, -0.1) is 0 Å². The third kappa shape index (κ3) is 5.84. The van der Waals surface area contributed by atoms with E-state index >= 15 is 0 Å². The molecule has 0 aliphatic carbocycles. The Morgan fingerprint density at radius 2 is 1.62 bits per heavy atom. The molecule has 0 radical (unpaired) electrons. The Bertz CT molecular complexity index is 819. The Morgan fingerprint density at radius 3 is 2.24 bits per heavy atom. The van der Waals surface area contributed by atoms with Crippen LogP contribution in [0.25, 0.3) is 0 Å². The maximum Gasteiger partial charge on any atom is 0.315 e. The quantitative estimate of drug-likeness (QED) is 0.778. The maximum absolute atomic E-state index is 12.9. The van der Waals surface area contributed by atoms with E-state index < -0.39 is 6.03 Å². The molecule has 2 aromatic rings. The van der Waals surface area contributed by atoms with Gasteiger partial charge in [-0.25, -0.2) is 9.18 Å². The molecule has 29 heavy (non-hydrogen) atoms. The molecule has 2 aromatic carbocycles. The van der Waals surface area contributed by atoms with Crippen LogP contribution in [-0.2, 0) is 11.3 Å². The van der Waals surface area contributed by atoms with Gasteiger partial charge in [0.15, 0.2) is 0 Å². The molecule has 1 saturated heterocycles. The van der Waals surface area contributed by atoms with Crippen LogP contribution < -0.4 is 20.3 Å². The van der Waals surface area contributed by atoms with Crippen molar-refractivity contribution < 1.29 is 18.7 Å². The molecule has 3 rings (SSSR count). The van der Waals surface area contributed by atoms with Gasteiger partial charge >= 0.3 is 6.03 Å². The summed E-state index contributed by atoms with van der Waals surface area (Å²) in [5.41, 5.74) is 1.87. The molecule has 7 nitrogen and oxygen atoms in total. The Kier molecular flexibility index (Phi) is 6.89. The van der Waals surface area contributed by atoms with Crippen LogP contribution in [-0.4, -0.2) is 56.7 Å². The molecule has 3 amide bonds. The highest BCUT2D eigenvalue weighted by atomic mass is 19.1. The van der Waals surface area contributed by atoms with Crippen molar-refractivity contribution in [3.8, 4) is 5.75 Å². The predicted octanol–water partition coefficient (Wildman–Crippen LogP) is 1.98. The second-order valence-corrected chi connectivity index (χ2v) is 6.73. The number of anilines is 1. The van der Waals surface area contributed by atoms with Crippen molar-refractivity contribution in [1.82, 2.24) is 15.5 Å². The molecule has 0 aromatic heterocycles. The van der Waals surface area contributed by atoms with Crippen LogP contribution in [0.3, 0.4) is 0 Å². The number of hydrogen-bond donors (Lipinski definition) is 2. The van der Waals surface area contributed by atoms with Gasteiger partial charge in [0.1, 0.15) is 11.6 Å². The number of amides is 3.